The van der Waals surface area contributed by atoms with Crippen molar-refractivity contribution in [2.75, 3.05) is 19.5 Å². The number of fused-ring (bicyclic) bond motifs is 1. The average molecular weight is 301 g/mol. The molecule has 0 unspecified atom stereocenters. The zero-order valence-electron chi connectivity index (χ0n) is 12.0. The number of pyridine rings is 1. The Kier molecular flexibility index (Phi) is 3.62. The summed E-state index contributed by atoms with van der Waals surface area (Å²) in [6.07, 6.45) is 0. The molecule has 3 rings (SSSR count). The van der Waals surface area contributed by atoms with Crippen LogP contribution in [0.4, 0.5) is 10.9 Å². The highest BCUT2D eigenvalue weighted by molar-refractivity contribution is 7.22. The van der Waals surface area contributed by atoms with E-state index >= 15 is 0 Å². The number of thiazole rings is 1. The molecule has 0 atom stereocenters. The third-order valence-corrected chi connectivity index (χ3v) is 3.93. The third kappa shape index (κ3) is 2.75. The second kappa shape index (κ2) is 5.57. The second-order valence-electron chi connectivity index (χ2n) is 4.48. The van der Waals surface area contributed by atoms with Gasteiger partial charge in [-0.05, 0) is 25.1 Å². The Bertz CT molecular complexity index is 786. The van der Waals surface area contributed by atoms with Gasteiger partial charge in [-0.3, -0.25) is 0 Å². The van der Waals surface area contributed by atoms with Gasteiger partial charge in [0.05, 0.1) is 18.9 Å². The van der Waals surface area contributed by atoms with Crippen LogP contribution in [-0.4, -0.2) is 24.2 Å². The molecule has 5 nitrogen and oxygen atoms in total. The Morgan fingerprint density at radius 1 is 1.10 bits per heavy atom. The highest BCUT2D eigenvalue weighted by Gasteiger charge is 2.12. The van der Waals surface area contributed by atoms with E-state index in [0.29, 0.717) is 5.75 Å². The van der Waals surface area contributed by atoms with Gasteiger partial charge in [0.15, 0.2) is 5.13 Å². The highest BCUT2D eigenvalue weighted by atomic mass is 32.1. The average Bonchev–Trinajstić information content (AvgIpc) is 2.88. The number of aryl methyl sites for hydroxylation is 1. The van der Waals surface area contributed by atoms with Crippen LogP contribution in [0, 0.1) is 6.92 Å². The monoisotopic (exact) mass is 301 g/mol. The summed E-state index contributed by atoms with van der Waals surface area (Å²) in [7, 11) is 3.26. The molecule has 1 aromatic carbocycles. The minimum atomic E-state index is 0.700. The standard InChI is InChI=1S/C15H15N3O2S/c1-9-5-4-6-13(16-9)17-15-18-14-11(20-3)7-10(19-2)8-12(14)21-15/h4-8H,1-3H3,(H,16,17,18). The second-order valence-corrected chi connectivity index (χ2v) is 5.52. The molecule has 21 heavy (non-hydrogen) atoms. The molecule has 0 amide bonds. The number of rotatable bonds is 4. The van der Waals surface area contributed by atoms with Gasteiger partial charge in [0.25, 0.3) is 0 Å². The summed E-state index contributed by atoms with van der Waals surface area (Å²) in [6, 6.07) is 9.61. The van der Waals surface area contributed by atoms with Gasteiger partial charge >= 0.3 is 0 Å². The van der Waals surface area contributed by atoms with Crippen molar-refractivity contribution in [3.63, 3.8) is 0 Å². The Labute approximate surface area is 126 Å². The molecule has 0 aliphatic heterocycles. The summed E-state index contributed by atoms with van der Waals surface area (Å²) in [5, 5.41) is 4.00. The fourth-order valence-corrected chi connectivity index (χ4v) is 2.94. The molecule has 3 aromatic rings. The number of nitrogens with zero attached hydrogens (tertiary/aromatic N) is 2. The summed E-state index contributed by atoms with van der Waals surface area (Å²) in [6.45, 7) is 1.96. The first-order chi connectivity index (χ1) is 10.2. The molecule has 0 aliphatic rings. The largest absolute Gasteiger partial charge is 0.497 e. The van der Waals surface area contributed by atoms with E-state index in [1.54, 1.807) is 14.2 Å². The van der Waals surface area contributed by atoms with Crippen LogP contribution in [0.5, 0.6) is 11.5 Å². The Hall–Kier alpha value is -2.34. The van der Waals surface area contributed by atoms with Crippen molar-refractivity contribution in [2.24, 2.45) is 0 Å². The zero-order chi connectivity index (χ0) is 14.8. The van der Waals surface area contributed by atoms with Gasteiger partial charge in [0.1, 0.15) is 22.8 Å². The lowest BCUT2D eigenvalue weighted by Gasteiger charge is -2.03. The molecular weight excluding hydrogens is 286 g/mol. The van der Waals surface area contributed by atoms with Crippen LogP contribution in [0.25, 0.3) is 10.2 Å². The van der Waals surface area contributed by atoms with Crippen LogP contribution in [0.3, 0.4) is 0 Å². The van der Waals surface area contributed by atoms with Gasteiger partial charge in [-0.15, -0.1) is 0 Å². The smallest absolute Gasteiger partial charge is 0.189 e. The SMILES string of the molecule is COc1cc(OC)c2nc(Nc3cccc(C)n3)sc2c1. The summed E-state index contributed by atoms with van der Waals surface area (Å²) >= 11 is 1.53. The maximum atomic E-state index is 5.37. The fraction of sp³-hybridized carbons (Fsp3) is 0.200. The molecule has 2 aromatic heterocycles. The number of methoxy groups -OCH3 is 2. The molecule has 0 aliphatic carbocycles. The Morgan fingerprint density at radius 3 is 2.67 bits per heavy atom. The summed E-state index contributed by atoms with van der Waals surface area (Å²) in [5.74, 6) is 2.23. The maximum Gasteiger partial charge on any atom is 0.189 e. The van der Waals surface area contributed by atoms with E-state index in [0.717, 1.165) is 32.6 Å². The van der Waals surface area contributed by atoms with E-state index < -0.39 is 0 Å². The molecule has 0 bridgehead atoms. The molecule has 6 heteroatoms. The first-order valence-corrected chi connectivity index (χ1v) is 7.24. The lowest BCUT2D eigenvalue weighted by atomic mass is 10.3. The first-order valence-electron chi connectivity index (χ1n) is 6.43. The quantitative estimate of drug-likeness (QED) is 0.795. The number of nitrogens with one attached hydrogen (secondary N) is 1. The number of aromatic nitrogens is 2. The molecule has 1 N–H and O–H groups in total. The van der Waals surface area contributed by atoms with Gasteiger partial charge in [0.2, 0.25) is 0 Å². The normalized spacial score (nSPS) is 10.6. The van der Waals surface area contributed by atoms with E-state index in [2.05, 4.69) is 15.3 Å². The molecule has 2 heterocycles. The number of benzene rings is 1. The van der Waals surface area contributed by atoms with Gasteiger partial charge < -0.3 is 14.8 Å². The van der Waals surface area contributed by atoms with Crippen molar-refractivity contribution < 1.29 is 9.47 Å². The highest BCUT2D eigenvalue weighted by Crippen LogP contribution is 2.36. The van der Waals surface area contributed by atoms with Crippen molar-refractivity contribution in [1.82, 2.24) is 9.97 Å². The Balaban J connectivity index is 2.00. The van der Waals surface area contributed by atoms with Crippen LogP contribution >= 0.6 is 11.3 Å². The van der Waals surface area contributed by atoms with Gasteiger partial charge in [-0.1, -0.05) is 17.4 Å². The number of hydrogen-bond acceptors (Lipinski definition) is 6. The van der Waals surface area contributed by atoms with Crippen molar-refractivity contribution in [3.05, 3.63) is 36.0 Å². The summed E-state index contributed by atoms with van der Waals surface area (Å²) in [5.41, 5.74) is 1.78. The van der Waals surface area contributed by atoms with E-state index in [1.807, 2.05) is 37.3 Å². The van der Waals surface area contributed by atoms with E-state index in [4.69, 9.17) is 9.47 Å². The van der Waals surface area contributed by atoms with Crippen LogP contribution in [0.2, 0.25) is 0 Å². The van der Waals surface area contributed by atoms with E-state index in [1.165, 1.54) is 11.3 Å². The van der Waals surface area contributed by atoms with Gasteiger partial charge in [-0.2, -0.15) is 0 Å². The van der Waals surface area contributed by atoms with Crippen molar-refractivity contribution in [1.29, 1.82) is 0 Å². The van der Waals surface area contributed by atoms with Gasteiger partial charge in [-0.25, -0.2) is 9.97 Å². The predicted molar refractivity (Wildman–Crippen MR) is 85.0 cm³/mol. The van der Waals surface area contributed by atoms with Crippen LogP contribution < -0.4 is 14.8 Å². The molecular formula is C15H15N3O2S. The minimum Gasteiger partial charge on any atom is -0.497 e. The number of anilines is 2. The summed E-state index contributed by atoms with van der Waals surface area (Å²) < 4.78 is 11.6. The van der Waals surface area contributed by atoms with Crippen LogP contribution in [0.15, 0.2) is 30.3 Å². The van der Waals surface area contributed by atoms with E-state index in [9.17, 15) is 0 Å². The molecule has 0 saturated heterocycles. The third-order valence-electron chi connectivity index (χ3n) is 3.01. The topological polar surface area (TPSA) is 56.3 Å². The lowest BCUT2D eigenvalue weighted by Crippen LogP contribution is -1.93. The number of ether oxygens (including phenoxy) is 2. The molecule has 0 fully saturated rings. The van der Waals surface area contributed by atoms with E-state index in [-0.39, 0.29) is 0 Å². The Morgan fingerprint density at radius 2 is 1.95 bits per heavy atom. The molecule has 108 valence electrons. The molecule has 0 saturated carbocycles. The first kappa shape index (κ1) is 13.6. The summed E-state index contributed by atoms with van der Waals surface area (Å²) in [4.78, 5) is 8.99. The molecule has 0 spiro atoms. The fourth-order valence-electron chi connectivity index (χ4n) is 2.02. The van der Waals surface area contributed by atoms with Crippen molar-refractivity contribution in [2.45, 2.75) is 6.92 Å². The van der Waals surface area contributed by atoms with Crippen LogP contribution in [-0.2, 0) is 0 Å². The lowest BCUT2D eigenvalue weighted by molar-refractivity contribution is 0.397. The maximum absolute atomic E-state index is 5.37. The predicted octanol–water partition coefficient (Wildman–Crippen LogP) is 3.76. The minimum absolute atomic E-state index is 0.700. The van der Waals surface area contributed by atoms with Crippen molar-refractivity contribution >= 4 is 32.5 Å². The number of hydrogen-bond donors (Lipinski definition) is 1. The molecule has 0 radical (unpaired) electrons. The van der Waals surface area contributed by atoms with Crippen molar-refractivity contribution in [3.8, 4) is 11.5 Å². The zero-order valence-corrected chi connectivity index (χ0v) is 12.8. The van der Waals surface area contributed by atoms with Crippen LogP contribution in [0.1, 0.15) is 5.69 Å². The van der Waals surface area contributed by atoms with Gasteiger partial charge in [0, 0.05) is 11.8 Å².